The number of aliphatic hydroxyl groups is 2. The van der Waals surface area contributed by atoms with E-state index in [9.17, 15) is 19.8 Å². The number of rotatable bonds is 7. The van der Waals surface area contributed by atoms with E-state index in [1.165, 1.54) is 25.7 Å². The average Bonchev–Trinajstić information content (AvgIpc) is 3.28. The smallest absolute Gasteiger partial charge is 0.274 e. The number of aliphatic hydroxyl groups excluding tert-OH is 2. The topological polar surface area (TPSA) is 119 Å². The molecule has 1 unspecified atom stereocenters. The molecular formula is C32H48N2O5. The molecule has 1 aromatic rings. The predicted molar refractivity (Wildman–Crippen MR) is 149 cm³/mol. The summed E-state index contributed by atoms with van der Waals surface area (Å²) in [5, 5.41) is 33.5. The van der Waals surface area contributed by atoms with Gasteiger partial charge < -0.3 is 15.5 Å². The van der Waals surface area contributed by atoms with Gasteiger partial charge in [0.05, 0.1) is 12.2 Å². The second kappa shape index (κ2) is 11.1. The number of amides is 2. The van der Waals surface area contributed by atoms with Crippen molar-refractivity contribution in [1.29, 1.82) is 0 Å². The number of nitrogens with one attached hydrogen (secondary N) is 2. The van der Waals surface area contributed by atoms with Crippen LogP contribution in [0.3, 0.4) is 0 Å². The first-order valence-corrected chi connectivity index (χ1v) is 15.2. The molecule has 5 rings (SSSR count). The van der Waals surface area contributed by atoms with Crippen LogP contribution in [0.15, 0.2) is 24.3 Å². The van der Waals surface area contributed by atoms with Crippen LogP contribution in [-0.4, -0.2) is 39.4 Å². The van der Waals surface area contributed by atoms with Crippen molar-refractivity contribution in [3.8, 4) is 0 Å². The summed E-state index contributed by atoms with van der Waals surface area (Å²) in [7, 11) is 0. The Morgan fingerprint density at radius 1 is 0.974 bits per heavy atom. The summed E-state index contributed by atoms with van der Waals surface area (Å²) in [6.07, 6.45) is 9.37. The Hall–Kier alpha value is -1.96. The van der Waals surface area contributed by atoms with Crippen molar-refractivity contribution >= 4 is 11.8 Å². The van der Waals surface area contributed by atoms with Crippen LogP contribution in [0, 0.1) is 46.3 Å². The van der Waals surface area contributed by atoms with Crippen LogP contribution in [0.5, 0.6) is 0 Å². The van der Waals surface area contributed by atoms with Crippen molar-refractivity contribution < 1.29 is 25.0 Å². The normalized spacial score (nSPS) is 40.1. The van der Waals surface area contributed by atoms with Crippen LogP contribution in [0.4, 0.5) is 0 Å². The Morgan fingerprint density at radius 3 is 2.38 bits per heavy atom. The second-order valence-corrected chi connectivity index (χ2v) is 13.9. The quantitative estimate of drug-likeness (QED) is 0.251. The third-order valence-electron chi connectivity index (χ3n) is 12.0. The molecule has 7 heteroatoms. The van der Waals surface area contributed by atoms with Crippen LogP contribution in [0.1, 0.15) is 101 Å². The van der Waals surface area contributed by atoms with Gasteiger partial charge in [0.1, 0.15) is 0 Å². The molecule has 39 heavy (non-hydrogen) atoms. The van der Waals surface area contributed by atoms with Gasteiger partial charge in [-0.25, -0.2) is 5.48 Å². The summed E-state index contributed by atoms with van der Waals surface area (Å²) in [5.41, 5.74) is 3.36. The van der Waals surface area contributed by atoms with E-state index in [0.29, 0.717) is 54.0 Å². The highest BCUT2D eigenvalue weighted by atomic mass is 16.5. The summed E-state index contributed by atoms with van der Waals surface area (Å²) < 4.78 is 0. The van der Waals surface area contributed by atoms with E-state index in [0.717, 1.165) is 37.7 Å². The van der Waals surface area contributed by atoms with Crippen molar-refractivity contribution in [3.05, 3.63) is 35.4 Å². The first kappa shape index (κ1) is 28.6. The third kappa shape index (κ3) is 5.27. The van der Waals surface area contributed by atoms with Gasteiger partial charge in [-0.15, -0.1) is 0 Å². The van der Waals surface area contributed by atoms with Gasteiger partial charge in [0.25, 0.3) is 5.91 Å². The zero-order valence-corrected chi connectivity index (χ0v) is 23.9. The molecule has 0 aromatic heterocycles. The third-order valence-corrected chi connectivity index (χ3v) is 12.0. The maximum Gasteiger partial charge on any atom is 0.274 e. The first-order chi connectivity index (χ1) is 18.6. The largest absolute Gasteiger partial charge is 0.393 e. The highest BCUT2D eigenvalue weighted by molar-refractivity contribution is 5.93. The molecule has 5 N–H and O–H groups in total. The molecule has 216 valence electrons. The van der Waals surface area contributed by atoms with Crippen molar-refractivity contribution in [3.63, 3.8) is 0 Å². The van der Waals surface area contributed by atoms with E-state index in [1.807, 2.05) is 0 Å². The van der Waals surface area contributed by atoms with E-state index >= 15 is 0 Å². The molecule has 2 amide bonds. The zero-order valence-electron chi connectivity index (χ0n) is 23.9. The molecule has 1 aromatic carbocycles. The molecule has 0 radical (unpaired) electrons. The van der Waals surface area contributed by atoms with E-state index in [1.54, 1.807) is 29.7 Å². The number of benzene rings is 1. The van der Waals surface area contributed by atoms with Crippen LogP contribution < -0.4 is 10.8 Å². The van der Waals surface area contributed by atoms with Gasteiger partial charge in [0.15, 0.2) is 0 Å². The molecular weight excluding hydrogens is 492 g/mol. The molecule has 4 aliphatic rings. The van der Waals surface area contributed by atoms with Crippen LogP contribution >= 0.6 is 0 Å². The fourth-order valence-electron chi connectivity index (χ4n) is 9.86. The summed E-state index contributed by atoms with van der Waals surface area (Å²) >= 11 is 0. The lowest BCUT2D eigenvalue weighted by atomic mass is 9.43. The number of carbonyl (C=O) groups excluding carboxylic acids is 2. The minimum Gasteiger partial charge on any atom is -0.393 e. The molecule has 4 fully saturated rings. The number of fused-ring (bicyclic) bond motifs is 5. The Labute approximate surface area is 233 Å². The lowest BCUT2D eigenvalue weighted by Crippen LogP contribution is -2.58. The molecule has 0 spiro atoms. The molecule has 4 saturated carbocycles. The van der Waals surface area contributed by atoms with Gasteiger partial charge in [0.2, 0.25) is 5.91 Å². The van der Waals surface area contributed by atoms with Gasteiger partial charge in [0, 0.05) is 18.5 Å². The number of hydroxylamine groups is 1. The van der Waals surface area contributed by atoms with E-state index < -0.39 is 5.91 Å². The molecule has 0 bridgehead atoms. The SMILES string of the molecule is C[C@H](CCC(=O)NCc1ccc(C(=O)NO)cc1)[C@H]1CCC2[C@@H]3[C@@H](O)C[C@@H]4C[C@H](O)CC[C@]4(C)[C@H]3CC[C@@]21C. The minimum atomic E-state index is -0.555. The molecule has 0 aliphatic heterocycles. The number of hydrogen-bond acceptors (Lipinski definition) is 5. The average molecular weight is 541 g/mol. The van der Waals surface area contributed by atoms with E-state index in [-0.39, 0.29) is 28.9 Å². The van der Waals surface area contributed by atoms with Crippen molar-refractivity contribution in [2.75, 3.05) is 0 Å². The zero-order chi connectivity index (χ0) is 27.9. The van der Waals surface area contributed by atoms with Gasteiger partial charge in [-0.3, -0.25) is 14.8 Å². The van der Waals surface area contributed by atoms with E-state index in [4.69, 9.17) is 5.21 Å². The molecule has 0 heterocycles. The fourth-order valence-corrected chi connectivity index (χ4v) is 9.86. The van der Waals surface area contributed by atoms with Crippen molar-refractivity contribution in [2.24, 2.45) is 46.3 Å². The van der Waals surface area contributed by atoms with Crippen molar-refractivity contribution in [2.45, 2.75) is 104 Å². The fraction of sp³-hybridized carbons (Fsp3) is 0.750. The highest BCUT2D eigenvalue weighted by Gasteiger charge is 2.62. The maximum atomic E-state index is 12.7. The molecule has 4 aliphatic carbocycles. The number of carbonyl (C=O) groups is 2. The van der Waals surface area contributed by atoms with Gasteiger partial charge in [-0.05, 0) is 122 Å². The van der Waals surface area contributed by atoms with Crippen molar-refractivity contribution in [1.82, 2.24) is 10.8 Å². The molecule has 0 saturated heterocycles. The summed E-state index contributed by atoms with van der Waals surface area (Å²) in [5.74, 6) is 2.44. The van der Waals surface area contributed by atoms with Crippen LogP contribution in [0.25, 0.3) is 0 Å². The lowest BCUT2D eigenvalue weighted by Gasteiger charge is -2.62. The summed E-state index contributed by atoms with van der Waals surface area (Å²) in [6, 6.07) is 6.81. The van der Waals surface area contributed by atoms with Crippen LogP contribution in [-0.2, 0) is 11.3 Å². The summed E-state index contributed by atoms with van der Waals surface area (Å²) in [6.45, 7) is 7.67. The minimum absolute atomic E-state index is 0.0450. The molecule has 7 nitrogen and oxygen atoms in total. The number of hydrogen-bond donors (Lipinski definition) is 5. The molecule has 10 atom stereocenters. The maximum absolute atomic E-state index is 12.7. The summed E-state index contributed by atoms with van der Waals surface area (Å²) in [4.78, 5) is 24.2. The predicted octanol–water partition coefficient (Wildman–Crippen LogP) is 4.83. The monoisotopic (exact) mass is 540 g/mol. The Morgan fingerprint density at radius 2 is 1.67 bits per heavy atom. The highest BCUT2D eigenvalue weighted by Crippen LogP contribution is 2.68. The van der Waals surface area contributed by atoms with Crippen LogP contribution in [0.2, 0.25) is 0 Å². The lowest BCUT2D eigenvalue weighted by molar-refractivity contribution is -0.174. The van der Waals surface area contributed by atoms with Gasteiger partial charge in [-0.2, -0.15) is 0 Å². The Bertz CT molecular complexity index is 1050. The standard InChI is InChI=1S/C32H48N2O5/c1-19(4-11-28(37)33-18-20-5-7-21(8-6-20)30(38)34-39)24-9-10-25-29-26(13-15-32(24,25)3)31(2)14-12-23(35)16-22(31)17-27(29)36/h5-8,19,22-27,29,35-36,39H,4,9-18H2,1-3H3,(H,33,37)(H,34,38)/t19-,22+,23-,24-,25?,26+,27+,29+,31+,32-/m1/s1. The Kier molecular flexibility index (Phi) is 8.16. The van der Waals surface area contributed by atoms with Gasteiger partial charge >= 0.3 is 0 Å². The van der Waals surface area contributed by atoms with Gasteiger partial charge in [-0.1, -0.05) is 32.9 Å². The first-order valence-electron chi connectivity index (χ1n) is 15.2. The van der Waals surface area contributed by atoms with E-state index in [2.05, 4.69) is 26.1 Å². The Balaban J connectivity index is 1.16. The second-order valence-electron chi connectivity index (χ2n) is 13.9.